The molecular formula is C24H38O2. The topological polar surface area (TPSA) is 26.3 Å². The lowest BCUT2D eigenvalue weighted by molar-refractivity contribution is -0.137. The van der Waals surface area contributed by atoms with Crippen LogP contribution in [0.15, 0.2) is 60.8 Å². The van der Waals surface area contributed by atoms with Gasteiger partial charge in [0.25, 0.3) is 0 Å². The molecule has 26 heavy (non-hydrogen) atoms. The van der Waals surface area contributed by atoms with Gasteiger partial charge in [0.05, 0.1) is 6.61 Å². The molecule has 0 radical (unpaired) electrons. The molecule has 0 aliphatic rings. The molecule has 0 heterocycles. The van der Waals surface area contributed by atoms with Crippen molar-refractivity contribution >= 4 is 5.97 Å². The highest BCUT2D eigenvalue weighted by atomic mass is 16.5. The van der Waals surface area contributed by atoms with Gasteiger partial charge in [-0.3, -0.25) is 0 Å². The maximum atomic E-state index is 11.0. The van der Waals surface area contributed by atoms with Crippen LogP contribution in [0.1, 0.15) is 78.1 Å². The van der Waals surface area contributed by atoms with E-state index in [-0.39, 0.29) is 5.97 Å². The van der Waals surface area contributed by atoms with E-state index >= 15 is 0 Å². The Morgan fingerprint density at radius 2 is 1.15 bits per heavy atom. The van der Waals surface area contributed by atoms with Gasteiger partial charge in [-0.15, -0.1) is 0 Å². The summed E-state index contributed by atoms with van der Waals surface area (Å²) >= 11 is 0. The number of carbonyl (C=O) groups excluding carboxylic acids is 1. The Morgan fingerprint density at radius 3 is 1.73 bits per heavy atom. The molecule has 0 atom stereocenters. The summed E-state index contributed by atoms with van der Waals surface area (Å²) in [6.45, 7) is 4.47. The van der Waals surface area contributed by atoms with Gasteiger partial charge in [0.1, 0.15) is 0 Å². The highest BCUT2D eigenvalue weighted by Crippen LogP contribution is 2.10. The fourth-order valence-corrected chi connectivity index (χ4v) is 2.46. The summed E-state index contributed by atoms with van der Waals surface area (Å²) in [7, 11) is 0. The molecule has 0 saturated carbocycles. The normalized spacial score (nSPS) is 12.5. The number of hydrogen-bond acceptors (Lipinski definition) is 2. The fourth-order valence-electron chi connectivity index (χ4n) is 2.46. The van der Waals surface area contributed by atoms with Crippen molar-refractivity contribution in [1.29, 1.82) is 0 Å². The lowest BCUT2D eigenvalue weighted by Crippen LogP contribution is -1.98. The van der Waals surface area contributed by atoms with Crippen molar-refractivity contribution in [3.8, 4) is 0 Å². The average molecular weight is 359 g/mol. The smallest absolute Gasteiger partial charge is 0.330 e. The number of unbranched alkanes of at least 4 members (excludes halogenated alkanes) is 9. The van der Waals surface area contributed by atoms with Crippen LogP contribution in [-0.4, -0.2) is 12.6 Å². The predicted octanol–water partition coefficient (Wildman–Crippen LogP) is 7.25. The Balaban J connectivity index is 3.51. The van der Waals surface area contributed by atoms with Crippen LogP contribution < -0.4 is 0 Å². The minimum Gasteiger partial charge on any atom is -0.463 e. The van der Waals surface area contributed by atoms with Crippen molar-refractivity contribution in [2.75, 3.05) is 6.61 Å². The molecule has 0 amide bonds. The Morgan fingerprint density at radius 1 is 0.654 bits per heavy atom. The van der Waals surface area contributed by atoms with E-state index in [1.165, 1.54) is 70.3 Å². The number of ether oxygens (including phenoxy) is 1. The summed E-state index contributed by atoms with van der Waals surface area (Å²) in [6, 6.07) is 0. The third-order valence-electron chi connectivity index (χ3n) is 3.91. The summed E-state index contributed by atoms with van der Waals surface area (Å²) in [5, 5.41) is 0. The molecule has 0 bridgehead atoms. The maximum Gasteiger partial charge on any atom is 0.330 e. The average Bonchev–Trinajstić information content (AvgIpc) is 2.64. The summed E-state index contributed by atoms with van der Waals surface area (Å²) in [4.78, 5) is 11.0. The van der Waals surface area contributed by atoms with Crippen LogP contribution in [-0.2, 0) is 9.53 Å². The SMILES string of the molecule is CCCCCCCCCCC/C=C/C=C/C=C/C=C/C=C/C(=O)OCC. The molecule has 146 valence electrons. The Labute approximate surface area is 161 Å². The second kappa shape index (κ2) is 21.2. The molecule has 0 aliphatic carbocycles. The largest absolute Gasteiger partial charge is 0.463 e. The number of rotatable bonds is 16. The van der Waals surface area contributed by atoms with Crippen LogP contribution in [0, 0.1) is 0 Å². The van der Waals surface area contributed by atoms with E-state index in [0.717, 1.165) is 0 Å². The van der Waals surface area contributed by atoms with Crippen LogP contribution in [0.5, 0.6) is 0 Å². The van der Waals surface area contributed by atoms with Crippen molar-refractivity contribution in [2.24, 2.45) is 0 Å². The van der Waals surface area contributed by atoms with Crippen LogP contribution in [0.25, 0.3) is 0 Å². The van der Waals surface area contributed by atoms with Gasteiger partial charge in [-0.1, -0.05) is 113 Å². The van der Waals surface area contributed by atoms with E-state index in [0.29, 0.717) is 6.61 Å². The fraction of sp³-hybridized carbons (Fsp3) is 0.542. The minimum atomic E-state index is -0.307. The Kier molecular flexibility index (Phi) is 19.7. The molecule has 2 nitrogen and oxygen atoms in total. The molecule has 2 heteroatoms. The Hall–Kier alpha value is -1.83. The summed E-state index contributed by atoms with van der Waals surface area (Å²) in [5.74, 6) is -0.307. The first-order chi connectivity index (χ1) is 12.8. The van der Waals surface area contributed by atoms with Gasteiger partial charge in [-0.25, -0.2) is 4.79 Å². The van der Waals surface area contributed by atoms with Crippen LogP contribution in [0.3, 0.4) is 0 Å². The summed E-state index contributed by atoms with van der Waals surface area (Å²) in [6.07, 6.45) is 32.7. The molecule has 0 aromatic carbocycles. The Bertz CT molecular complexity index is 453. The number of esters is 1. The lowest BCUT2D eigenvalue weighted by atomic mass is 10.1. The van der Waals surface area contributed by atoms with Crippen LogP contribution >= 0.6 is 0 Å². The van der Waals surface area contributed by atoms with Gasteiger partial charge in [0.15, 0.2) is 0 Å². The van der Waals surface area contributed by atoms with Crippen LogP contribution in [0.4, 0.5) is 0 Å². The zero-order valence-electron chi connectivity index (χ0n) is 16.9. The van der Waals surface area contributed by atoms with E-state index in [1.807, 2.05) is 30.4 Å². The molecule has 0 aromatic rings. The van der Waals surface area contributed by atoms with E-state index in [1.54, 1.807) is 19.1 Å². The van der Waals surface area contributed by atoms with Gasteiger partial charge in [0, 0.05) is 6.08 Å². The van der Waals surface area contributed by atoms with Crippen molar-refractivity contribution < 1.29 is 9.53 Å². The van der Waals surface area contributed by atoms with Gasteiger partial charge >= 0.3 is 5.97 Å². The minimum absolute atomic E-state index is 0.307. The van der Waals surface area contributed by atoms with Gasteiger partial charge < -0.3 is 4.74 Å². The quantitative estimate of drug-likeness (QED) is 0.126. The molecule has 0 aromatic heterocycles. The third-order valence-corrected chi connectivity index (χ3v) is 3.91. The highest BCUT2D eigenvalue weighted by Gasteiger charge is 1.91. The van der Waals surface area contributed by atoms with Crippen molar-refractivity contribution in [2.45, 2.75) is 78.1 Å². The predicted molar refractivity (Wildman–Crippen MR) is 114 cm³/mol. The first kappa shape index (κ1) is 24.2. The molecule has 0 spiro atoms. The summed E-state index contributed by atoms with van der Waals surface area (Å²) in [5.41, 5.74) is 0. The van der Waals surface area contributed by atoms with Crippen molar-refractivity contribution in [1.82, 2.24) is 0 Å². The van der Waals surface area contributed by atoms with E-state index in [4.69, 9.17) is 4.74 Å². The first-order valence-corrected chi connectivity index (χ1v) is 10.3. The third kappa shape index (κ3) is 20.2. The molecule has 0 aliphatic heterocycles. The number of allylic oxidation sites excluding steroid dienone is 9. The second-order valence-electron chi connectivity index (χ2n) is 6.31. The van der Waals surface area contributed by atoms with E-state index < -0.39 is 0 Å². The standard InChI is InChI=1S/C24H38O2/c1-3-5-6-7-8-9-10-11-12-13-14-15-16-17-18-19-20-21-22-23-24(25)26-4-2/h14-23H,3-13H2,1-2H3/b15-14+,17-16+,19-18+,21-20+,23-22+. The molecule has 0 rings (SSSR count). The number of carbonyl (C=O) groups is 1. The maximum absolute atomic E-state index is 11.0. The first-order valence-electron chi connectivity index (χ1n) is 10.3. The number of hydrogen-bond donors (Lipinski definition) is 0. The van der Waals surface area contributed by atoms with E-state index in [2.05, 4.69) is 19.1 Å². The zero-order chi connectivity index (χ0) is 19.1. The molecule has 0 N–H and O–H groups in total. The monoisotopic (exact) mass is 358 g/mol. The molecule has 0 unspecified atom stereocenters. The summed E-state index contributed by atoms with van der Waals surface area (Å²) < 4.78 is 4.78. The van der Waals surface area contributed by atoms with Crippen molar-refractivity contribution in [3.63, 3.8) is 0 Å². The van der Waals surface area contributed by atoms with E-state index in [9.17, 15) is 4.79 Å². The molecule has 0 fully saturated rings. The molecular weight excluding hydrogens is 320 g/mol. The molecule has 0 saturated heterocycles. The van der Waals surface area contributed by atoms with Gasteiger partial charge in [-0.2, -0.15) is 0 Å². The van der Waals surface area contributed by atoms with Gasteiger partial charge in [0.2, 0.25) is 0 Å². The zero-order valence-corrected chi connectivity index (χ0v) is 16.9. The highest BCUT2D eigenvalue weighted by molar-refractivity contribution is 5.82. The van der Waals surface area contributed by atoms with Crippen LogP contribution in [0.2, 0.25) is 0 Å². The van der Waals surface area contributed by atoms with Crippen molar-refractivity contribution in [3.05, 3.63) is 60.8 Å². The second-order valence-corrected chi connectivity index (χ2v) is 6.31. The lowest BCUT2D eigenvalue weighted by Gasteiger charge is -2.00. The van der Waals surface area contributed by atoms with Gasteiger partial charge in [-0.05, 0) is 19.8 Å².